The van der Waals surface area contributed by atoms with Gasteiger partial charge in [0.2, 0.25) is 5.88 Å². The molecule has 0 radical (unpaired) electrons. The molecule has 2 aromatic rings. The van der Waals surface area contributed by atoms with E-state index in [0.717, 1.165) is 12.2 Å². The summed E-state index contributed by atoms with van der Waals surface area (Å²) in [7, 11) is 1.62. The highest BCUT2D eigenvalue weighted by molar-refractivity contribution is 5.46. The highest BCUT2D eigenvalue weighted by atomic mass is 16.5. The Balaban J connectivity index is 2.05. The van der Waals surface area contributed by atoms with Crippen molar-refractivity contribution < 1.29 is 4.74 Å². The molecule has 3 nitrogen and oxygen atoms in total. The van der Waals surface area contributed by atoms with Gasteiger partial charge >= 0.3 is 0 Å². The fraction of sp³-hybridized carbons (Fsp3) is 0.214. The van der Waals surface area contributed by atoms with Crippen LogP contribution < -0.4 is 10.1 Å². The zero-order valence-corrected chi connectivity index (χ0v) is 10.1. The number of aromatic nitrogens is 1. The SMILES string of the molecule is COc1cc(NCc2ccccc2C)ccn1. The van der Waals surface area contributed by atoms with Crippen LogP contribution in [0.4, 0.5) is 5.69 Å². The van der Waals surface area contributed by atoms with Crippen molar-refractivity contribution in [2.75, 3.05) is 12.4 Å². The number of methoxy groups -OCH3 is 1. The molecule has 0 saturated heterocycles. The first-order valence-electron chi connectivity index (χ1n) is 5.58. The Hall–Kier alpha value is -2.03. The van der Waals surface area contributed by atoms with Crippen molar-refractivity contribution in [2.45, 2.75) is 13.5 Å². The standard InChI is InChI=1S/C14H16N2O/c1-11-5-3-4-6-12(11)10-16-13-7-8-15-14(9-13)17-2/h3-9H,10H2,1-2H3,(H,15,16). The molecule has 3 heteroatoms. The van der Waals surface area contributed by atoms with E-state index in [0.29, 0.717) is 5.88 Å². The van der Waals surface area contributed by atoms with Crippen LogP contribution in [0.1, 0.15) is 11.1 Å². The summed E-state index contributed by atoms with van der Waals surface area (Å²) in [6.07, 6.45) is 1.74. The highest BCUT2D eigenvalue weighted by Gasteiger charge is 1.99. The van der Waals surface area contributed by atoms with E-state index in [2.05, 4.69) is 35.4 Å². The molecule has 2 rings (SSSR count). The second kappa shape index (κ2) is 5.34. The number of rotatable bonds is 4. The van der Waals surface area contributed by atoms with Gasteiger partial charge in [-0.2, -0.15) is 0 Å². The number of nitrogens with zero attached hydrogens (tertiary/aromatic N) is 1. The third-order valence-electron chi connectivity index (χ3n) is 2.69. The van der Waals surface area contributed by atoms with Crippen molar-refractivity contribution in [1.82, 2.24) is 4.98 Å². The van der Waals surface area contributed by atoms with E-state index in [9.17, 15) is 0 Å². The van der Waals surface area contributed by atoms with Gasteiger partial charge in [0.15, 0.2) is 0 Å². The zero-order chi connectivity index (χ0) is 12.1. The maximum absolute atomic E-state index is 5.08. The van der Waals surface area contributed by atoms with Gasteiger partial charge in [0.05, 0.1) is 7.11 Å². The van der Waals surface area contributed by atoms with Crippen LogP contribution in [0.3, 0.4) is 0 Å². The largest absolute Gasteiger partial charge is 0.481 e. The Morgan fingerprint density at radius 1 is 1.24 bits per heavy atom. The number of ether oxygens (including phenoxy) is 1. The number of nitrogens with one attached hydrogen (secondary N) is 1. The molecule has 0 bridgehead atoms. The Bertz CT molecular complexity index is 497. The Morgan fingerprint density at radius 3 is 2.82 bits per heavy atom. The summed E-state index contributed by atoms with van der Waals surface area (Å²) < 4.78 is 5.08. The second-order valence-electron chi connectivity index (χ2n) is 3.87. The minimum absolute atomic E-state index is 0.625. The van der Waals surface area contributed by atoms with Crippen LogP contribution in [0.5, 0.6) is 5.88 Å². The van der Waals surface area contributed by atoms with Gasteiger partial charge in [0, 0.05) is 24.5 Å². The van der Waals surface area contributed by atoms with Crippen LogP contribution in [0.15, 0.2) is 42.6 Å². The molecule has 0 spiro atoms. The normalized spacial score (nSPS) is 10.0. The van der Waals surface area contributed by atoms with Gasteiger partial charge < -0.3 is 10.1 Å². The first-order chi connectivity index (χ1) is 8.29. The van der Waals surface area contributed by atoms with E-state index >= 15 is 0 Å². The third kappa shape index (κ3) is 2.97. The van der Waals surface area contributed by atoms with Crippen molar-refractivity contribution in [1.29, 1.82) is 0 Å². The molecule has 0 amide bonds. The molecule has 0 unspecified atom stereocenters. The first kappa shape index (κ1) is 11.5. The Morgan fingerprint density at radius 2 is 2.06 bits per heavy atom. The number of hydrogen-bond acceptors (Lipinski definition) is 3. The second-order valence-corrected chi connectivity index (χ2v) is 3.87. The van der Waals surface area contributed by atoms with E-state index in [1.54, 1.807) is 13.3 Å². The lowest BCUT2D eigenvalue weighted by atomic mass is 10.1. The summed E-state index contributed by atoms with van der Waals surface area (Å²) >= 11 is 0. The number of aryl methyl sites for hydroxylation is 1. The third-order valence-corrected chi connectivity index (χ3v) is 2.69. The molecule has 0 saturated carbocycles. The van der Waals surface area contributed by atoms with Gasteiger partial charge in [-0.3, -0.25) is 0 Å². The minimum Gasteiger partial charge on any atom is -0.481 e. The topological polar surface area (TPSA) is 34.1 Å². The fourth-order valence-corrected chi connectivity index (χ4v) is 1.64. The summed E-state index contributed by atoms with van der Waals surface area (Å²) in [6, 6.07) is 12.2. The lowest BCUT2D eigenvalue weighted by Crippen LogP contribution is -2.01. The van der Waals surface area contributed by atoms with Gasteiger partial charge in [0.1, 0.15) is 0 Å². The van der Waals surface area contributed by atoms with Gasteiger partial charge in [-0.1, -0.05) is 24.3 Å². The van der Waals surface area contributed by atoms with E-state index < -0.39 is 0 Å². The molecule has 1 heterocycles. The molecule has 0 aliphatic heterocycles. The number of pyridine rings is 1. The average Bonchev–Trinajstić information content (AvgIpc) is 2.38. The lowest BCUT2D eigenvalue weighted by Gasteiger charge is -2.09. The number of anilines is 1. The minimum atomic E-state index is 0.625. The lowest BCUT2D eigenvalue weighted by molar-refractivity contribution is 0.398. The van der Waals surface area contributed by atoms with Gasteiger partial charge in [-0.15, -0.1) is 0 Å². The van der Waals surface area contributed by atoms with Crippen LogP contribution in [-0.4, -0.2) is 12.1 Å². The van der Waals surface area contributed by atoms with Crippen molar-refractivity contribution in [2.24, 2.45) is 0 Å². The molecule has 0 fully saturated rings. The highest BCUT2D eigenvalue weighted by Crippen LogP contribution is 2.15. The summed E-state index contributed by atoms with van der Waals surface area (Å²) in [6.45, 7) is 2.92. The maximum atomic E-state index is 5.08. The predicted molar refractivity (Wildman–Crippen MR) is 69.3 cm³/mol. The predicted octanol–water partition coefficient (Wildman–Crippen LogP) is 3.01. The summed E-state index contributed by atoms with van der Waals surface area (Å²) in [5.74, 6) is 0.625. The van der Waals surface area contributed by atoms with Crippen LogP contribution >= 0.6 is 0 Å². The van der Waals surface area contributed by atoms with Crippen molar-refractivity contribution in [3.05, 3.63) is 53.7 Å². The summed E-state index contributed by atoms with van der Waals surface area (Å²) in [5, 5.41) is 3.36. The fourth-order valence-electron chi connectivity index (χ4n) is 1.64. The summed E-state index contributed by atoms with van der Waals surface area (Å²) in [5.41, 5.74) is 3.60. The molecule has 1 aromatic heterocycles. The molecule has 0 atom stereocenters. The van der Waals surface area contributed by atoms with Crippen molar-refractivity contribution in [3.63, 3.8) is 0 Å². The number of benzene rings is 1. The van der Waals surface area contributed by atoms with Crippen molar-refractivity contribution >= 4 is 5.69 Å². The van der Waals surface area contributed by atoms with E-state index in [-0.39, 0.29) is 0 Å². The Labute approximate surface area is 101 Å². The number of hydrogen-bond donors (Lipinski definition) is 1. The van der Waals surface area contributed by atoms with E-state index in [1.807, 2.05) is 18.2 Å². The van der Waals surface area contributed by atoms with Crippen LogP contribution in [0, 0.1) is 6.92 Å². The molecule has 88 valence electrons. The Kier molecular flexibility index (Phi) is 3.60. The molecule has 0 aliphatic rings. The van der Waals surface area contributed by atoms with E-state index in [1.165, 1.54) is 11.1 Å². The molecular weight excluding hydrogens is 212 g/mol. The molecular formula is C14H16N2O. The van der Waals surface area contributed by atoms with Crippen molar-refractivity contribution in [3.8, 4) is 5.88 Å². The van der Waals surface area contributed by atoms with E-state index in [4.69, 9.17) is 4.74 Å². The monoisotopic (exact) mass is 228 g/mol. The van der Waals surface area contributed by atoms with Gasteiger partial charge in [0.25, 0.3) is 0 Å². The van der Waals surface area contributed by atoms with Gasteiger partial charge in [-0.25, -0.2) is 4.98 Å². The molecule has 17 heavy (non-hydrogen) atoms. The molecule has 0 aliphatic carbocycles. The average molecular weight is 228 g/mol. The maximum Gasteiger partial charge on any atom is 0.214 e. The quantitative estimate of drug-likeness (QED) is 0.873. The summed E-state index contributed by atoms with van der Waals surface area (Å²) in [4.78, 5) is 4.07. The van der Waals surface area contributed by atoms with Crippen LogP contribution in [0.25, 0.3) is 0 Å². The smallest absolute Gasteiger partial charge is 0.214 e. The molecule has 1 aromatic carbocycles. The first-order valence-corrected chi connectivity index (χ1v) is 5.58. The van der Waals surface area contributed by atoms with Gasteiger partial charge in [-0.05, 0) is 24.1 Å². The van der Waals surface area contributed by atoms with Crippen LogP contribution in [-0.2, 0) is 6.54 Å². The zero-order valence-electron chi connectivity index (χ0n) is 10.1. The molecule has 1 N–H and O–H groups in total. The van der Waals surface area contributed by atoms with Crippen LogP contribution in [0.2, 0.25) is 0 Å².